The normalized spacial score (nSPS) is 13.8. The Kier molecular flexibility index (Phi) is 4.61. The number of carbonyl (C=O) groups is 1. The van der Waals surface area contributed by atoms with E-state index < -0.39 is 0 Å². The first kappa shape index (κ1) is 15.5. The minimum absolute atomic E-state index is 0.105. The number of hydrogen-bond donors (Lipinski definition) is 1. The average molecular weight is 227 g/mol. The van der Waals surface area contributed by atoms with Crippen LogP contribution in [0.1, 0.15) is 68.2 Å². The van der Waals surface area contributed by atoms with Crippen LogP contribution in [0.2, 0.25) is 0 Å². The van der Waals surface area contributed by atoms with Crippen molar-refractivity contribution >= 4 is 5.91 Å². The average Bonchev–Trinajstić information content (AvgIpc) is 1.99. The Bertz CT molecular complexity index is 246. The smallest absolute Gasteiger partial charge is 0.226 e. The first-order valence-corrected chi connectivity index (χ1v) is 6.22. The Morgan fingerprint density at radius 2 is 1.44 bits per heavy atom. The lowest BCUT2D eigenvalue weighted by Gasteiger charge is -2.35. The molecule has 96 valence electrons. The van der Waals surface area contributed by atoms with E-state index in [0.717, 1.165) is 12.8 Å². The van der Waals surface area contributed by atoms with Gasteiger partial charge in [-0.25, -0.2) is 0 Å². The maximum Gasteiger partial charge on any atom is 0.226 e. The highest BCUT2D eigenvalue weighted by Crippen LogP contribution is 2.33. The van der Waals surface area contributed by atoms with E-state index in [-0.39, 0.29) is 22.3 Å². The number of carbonyl (C=O) groups excluding carboxylic acids is 1. The summed E-state index contributed by atoms with van der Waals surface area (Å²) >= 11 is 0. The molecule has 0 aromatic heterocycles. The van der Waals surface area contributed by atoms with Gasteiger partial charge in [-0.2, -0.15) is 0 Å². The van der Waals surface area contributed by atoms with Crippen LogP contribution in [0.4, 0.5) is 0 Å². The number of hydrogen-bond acceptors (Lipinski definition) is 1. The third kappa shape index (κ3) is 5.53. The van der Waals surface area contributed by atoms with Gasteiger partial charge in [-0.15, -0.1) is 0 Å². The molecule has 0 aliphatic carbocycles. The molecule has 0 rings (SSSR count). The fourth-order valence-electron chi connectivity index (χ4n) is 1.97. The molecule has 0 aliphatic heterocycles. The van der Waals surface area contributed by atoms with E-state index in [1.54, 1.807) is 0 Å². The molecule has 0 atom stereocenters. The lowest BCUT2D eigenvalue weighted by Crippen LogP contribution is -2.49. The first-order chi connectivity index (χ1) is 6.90. The minimum atomic E-state index is -0.301. The quantitative estimate of drug-likeness (QED) is 0.778. The van der Waals surface area contributed by atoms with Gasteiger partial charge in [-0.3, -0.25) is 4.79 Å². The van der Waals surface area contributed by atoms with Crippen molar-refractivity contribution in [3.05, 3.63) is 0 Å². The van der Waals surface area contributed by atoms with E-state index in [9.17, 15) is 4.79 Å². The Balaban J connectivity index is 4.60. The van der Waals surface area contributed by atoms with Crippen LogP contribution >= 0.6 is 0 Å². The molecule has 0 aromatic carbocycles. The second kappa shape index (κ2) is 4.77. The van der Waals surface area contributed by atoms with Gasteiger partial charge in [-0.1, -0.05) is 41.5 Å². The second-order valence-corrected chi connectivity index (χ2v) is 7.31. The molecule has 0 saturated heterocycles. The zero-order chi connectivity index (χ0) is 13.2. The minimum Gasteiger partial charge on any atom is -0.351 e. The summed E-state index contributed by atoms with van der Waals surface area (Å²) in [6.45, 7) is 16.8. The Hall–Kier alpha value is -0.530. The van der Waals surface area contributed by atoms with Crippen LogP contribution in [0.25, 0.3) is 0 Å². The van der Waals surface area contributed by atoms with E-state index in [0.29, 0.717) is 0 Å². The number of rotatable bonds is 4. The van der Waals surface area contributed by atoms with Gasteiger partial charge in [0, 0.05) is 11.0 Å². The Morgan fingerprint density at radius 1 is 1.00 bits per heavy atom. The van der Waals surface area contributed by atoms with Gasteiger partial charge in [-0.05, 0) is 32.1 Å². The molecule has 0 heterocycles. The zero-order valence-electron chi connectivity index (χ0n) is 12.3. The van der Waals surface area contributed by atoms with Gasteiger partial charge in [0.05, 0.1) is 0 Å². The van der Waals surface area contributed by atoms with Gasteiger partial charge in [0.25, 0.3) is 0 Å². The van der Waals surface area contributed by atoms with Crippen molar-refractivity contribution in [3.63, 3.8) is 0 Å². The SMILES string of the molecule is CCC(C)(C)NC(=O)C(C)(C)CC(C)(C)C. The summed E-state index contributed by atoms with van der Waals surface area (Å²) in [5.41, 5.74) is -0.228. The maximum absolute atomic E-state index is 12.2. The van der Waals surface area contributed by atoms with Gasteiger partial charge < -0.3 is 5.32 Å². The molecule has 0 aromatic rings. The third-order valence-corrected chi connectivity index (χ3v) is 2.92. The van der Waals surface area contributed by atoms with E-state index in [1.165, 1.54) is 0 Å². The van der Waals surface area contributed by atoms with Gasteiger partial charge in [0.2, 0.25) is 5.91 Å². The molecule has 0 saturated carbocycles. The summed E-state index contributed by atoms with van der Waals surface area (Å²) in [5.74, 6) is 0.161. The zero-order valence-corrected chi connectivity index (χ0v) is 12.3. The van der Waals surface area contributed by atoms with E-state index in [1.807, 2.05) is 13.8 Å². The fraction of sp³-hybridized carbons (Fsp3) is 0.929. The molecule has 16 heavy (non-hydrogen) atoms. The molecular weight excluding hydrogens is 198 g/mol. The van der Waals surface area contributed by atoms with Crippen molar-refractivity contribution in [2.24, 2.45) is 10.8 Å². The number of amides is 1. The fourth-order valence-corrected chi connectivity index (χ4v) is 1.97. The van der Waals surface area contributed by atoms with Crippen molar-refractivity contribution in [2.45, 2.75) is 73.8 Å². The standard InChI is InChI=1S/C14H29NO/c1-9-14(7,8)15-11(16)13(5,6)10-12(2,3)4/h9-10H2,1-8H3,(H,15,16). The highest BCUT2D eigenvalue weighted by molar-refractivity contribution is 5.82. The van der Waals surface area contributed by atoms with Crippen LogP contribution in [0.15, 0.2) is 0 Å². The molecule has 0 fully saturated rings. The molecule has 1 N–H and O–H groups in total. The summed E-state index contributed by atoms with van der Waals surface area (Å²) in [7, 11) is 0. The van der Waals surface area contributed by atoms with Crippen LogP contribution in [0, 0.1) is 10.8 Å². The summed E-state index contributed by atoms with van der Waals surface area (Å²) in [4.78, 5) is 12.2. The molecule has 0 spiro atoms. The number of nitrogens with one attached hydrogen (secondary N) is 1. The molecule has 0 aliphatic rings. The predicted octanol–water partition coefficient (Wildman–Crippen LogP) is 3.75. The largest absolute Gasteiger partial charge is 0.351 e. The molecule has 1 amide bonds. The van der Waals surface area contributed by atoms with Crippen LogP contribution in [-0.2, 0) is 4.79 Å². The maximum atomic E-state index is 12.2. The van der Waals surface area contributed by atoms with Crippen LogP contribution in [-0.4, -0.2) is 11.4 Å². The highest BCUT2D eigenvalue weighted by Gasteiger charge is 2.34. The van der Waals surface area contributed by atoms with Crippen molar-refractivity contribution < 1.29 is 4.79 Å². The van der Waals surface area contributed by atoms with Crippen LogP contribution < -0.4 is 5.32 Å². The van der Waals surface area contributed by atoms with Crippen molar-refractivity contribution in [1.82, 2.24) is 5.32 Å². The van der Waals surface area contributed by atoms with Crippen molar-refractivity contribution in [3.8, 4) is 0 Å². The van der Waals surface area contributed by atoms with Crippen LogP contribution in [0.5, 0.6) is 0 Å². The lowest BCUT2D eigenvalue weighted by atomic mass is 9.75. The molecule has 0 bridgehead atoms. The summed E-state index contributed by atoms with van der Waals surface area (Å²) in [6.07, 6.45) is 1.84. The monoisotopic (exact) mass is 227 g/mol. The topological polar surface area (TPSA) is 29.1 Å². The first-order valence-electron chi connectivity index (χ1n) is 6.22. The van der Waals surface area contributed by atoms with Crippen molar-refractivity contribution in [2.75, 3.05) is 0 Å². The Morgan fingerprint density at radius 3 is 1.75 bits per heavy atom. The second-order valence-electron chi connectivity index (χ2n) is 7.31. The molecule has 0 radical (unpaired) electrons. The van der Waals surface area contributed by atoms with E-state index in [4.69, 9.17) is 0 Å². The summed E-state index contributed by atoms with van der Waals surface area (Å²) in [5, 5.41) is 3.13. The van der Waals surface area contributed by atoms with Gasteiger partial charge in [0.15, 0.2) is 0 Å². The van der Waals surface area contributed by atoms with E-state index >= 15 is 0 Å². The predicted molar refractivity (Wildman–Crippen MR) is 70.4 cm³/mol. The Labute approximate surface area is 101 Å². The van der Waals surface area contributed by atoms with E-state index in [2.05, 4.69) is 46.9 Å². The summed E-state index contributed by atoms with van der Waals surface area (Å²) < 4.78 is 0. The van der Waals surface area contributed by atoms with Crippen molar-refractivity contribution in [1.29, 1.82) is 0 Å². The van der Waals surface area contributed by atoms with Gasteiger partial charge in [0.1, 0.15) is 0 Å². The third-order valence-electron chi connectivity index (χ3n) is 2.92. The highest BCUT2D eigenvalue weighted by atomic mass is 16.2. The molecule has 2 nitrogen and oxygen atoms in total. The molecule has 2 heteroatoms. The lowest BCUT2D eigenvalue weighted by molar-refractivity contribution is -0.132. The van der Waals surface area contributed by atoms with Gasteiger partial charge >= 0.3 is 0 Å². The molecular formula is C14H29NO. The summed E-state index contributed by atoms with van der Waals surface area (Å²) in [6, 6.07) is 0. The van der Waals surface area contributed by atoms with Crippen LogP contribution in [0.3, 0.4) is 0 Å². The molecule has 0 unspecified atom stereocenters.